The Morgan fingerprint density at radius 2 is 2.00 bits per heavy atom. The lowest BCUT2D eigenvalue weighted by Gasteiger charge is -2.16. The van der Waals surface area contributed by atoms with Gasteiger partial charge in [-0.05, 0) is 25.8 Å². The van der Waals surface area contributed by atoms with Gasteiger partial charge in [-0.1, -0.05) is 20.3 Å². The summed E-state index contributed by atoms with van der Waals surface area (Å²) in [5, 5.41) is 3.14. The summed E-state index contributed by atoms with van der Waals surface area (Å²) in [6, 6.07) is 0. The Balaban J connectivity index is 3.43. The van der Waals surface area contributed by atoms with Gasteiger partial charge >= 0.3 is 0 Å². The van der Waals surface area contributed by atoms with E-state index >= 15 is 0 Å². The van der Waals surface area contributed by atoms with Crippen LogP contribution in [-0.4, -0.2) is 26.8 Å². The Kier molecular flexibility index (Phi) is 7.51. The van der Waals surface area contributed by atoms with Crippen molar-refractivity contribution in [2.24, 2.45) is 5.92 Å². The number of hydrogen-bond donors (Lipinski definition) is 1. The van der Waals surface area contributed by atoms with E-state index in [2.05, 4.69) is 19.2 Å². The summed E-state index contributed by atoms with van der Waals surface area (Å²) in [5.74, 6) is 0.833. The molecular formula is C10H23NO. The number of nitrogens with one attached hydrogen (secondary N) is 1. The third-order valence-corrected chi connectivity index (χ3v) is 2.44. The molecular weight excluding hydrogens is 150 g/mol. The molecule has 0 rings (SSSR count). The van der Waals surface area contributed by atoms with Crippen LogP contribution in [0.1, 0.15) is 33.1 Å². The van der Waals surface area contributed by atoms with Crippen LogP contribution in [0.3, 0.4) is 0 Å². The van der Waals surface area contributed by atoms with E-state index in [1.54, 1.807) is 7.11 Å². The molecule has 0 radical (unpaired) electrons. The molecule has 0 bridgehead atoms. The smallest absolute Gasteiger partial charge is 0.0695 e. The lowest BCUT2D eigenvalue weighted by Crippen LogP contribution is -2.25. The highest BCUT2D eigenvalue weighted by atomic mass is 16.5. The average Bonchev–Trinajstić information content (AvgIpc) is 2.11. The molecule has 0 aliphatic carbocycles. The fraction of sp³-hybridized carbons (Fsp3) is 1.00. The predicted molar refractivity (Wildman–Crippen MR) is 53.4 cm³/mol. The first kappa shape index (κ1) is 11.9. The third-order valence-electron chi connectivity index (χ3n) is 2.44. The first-order valence-corrected chi connectivity index (χ1v) is 4.91. The highest BCUT2D eigenvalue weighted by Crippen LogP contribution is 2.12. The van der Waals surface area contributed by atoms with E-state index < -0.39 is 0 Å². The molecule has 0 aromatic rings. The van der Waals surface area contributed by atoms with Crippen molar-refractivity contribution in [3.8, 4) is 0 Å². The molecule has 0 aliphatic rings. The van der Waals surface area contributed by atoms with Crippen molar-refractivity contribution in [3.05, 3.63) is 0 Å². The first-order chi connectivity index (χ1) is 5.74. The van der Waals surface area contributed by atoms with Crippen molar-refractivity contribution in [1.82, 2.24) is 5.32 Å². The van der Waals surface area contributed by atoms with Gasteiger partial charge in [0.25, 0.3) is 0 Å². The summed E-state index contributed by atoms with van der Waals surface area (Å²) in [6.07, 6.45) is 4.11. The number of rotatable bonds is 7. The maximum atomic E-state index is 5.32. The largest absolute Gasteiger partial charge is 0.380 e. The molecule has 0 amide bonds. The molecule has 0 fully saturated rings. The summed E-state index contributed by atoms with van der Waals surface area (Å²) in [5.41, 5.74) is 0. The number of methoxy groups -OCH3 is 1. The van der Waals surface area contributed by atoms with E-state index in [9.17, 15) is 0 Å². The molecule has 74 valence electrons. The Hall–Kier alpha value is -0.0800. The number of likely N-dealkylation sites (N-methyl/N-ethyl adjacent to an activating group) is 1. The second-order valence-electron chi connectivity index (χ2n) is 3.51. The topological polar surface area (TPSA) is 21.3 Å². The molecule has 2 atom stereocenters. The van der Waals surface area contributed by atoms with Crippen molar-refractivity contribution in [3.63, 3.8) is 0 Å². The van der Waals surface area contributed by atoms with E-state index in [0.717, 1.165) is 12.5 Å². The summed E-state index contributed by atoms with van der Waals surface area (Å²) >= 11 is 0. The minimum atomic E-state index is 0.393. The minimum absolute atomic E-state index is 0.393. The van der Waals surface area contributed by atoms with Crippen LogP contribution in [0.2, 0.25) is 0 Å². The fourth-order valence-corrected chi connectivity index (χ4v) is 1.21. The quantitative estimate of drug-likeness (QED) is 0.636. The lowest BCUT2D eigenvalue weighted by molar-refractivity contribution is 0.0905. The molecule has 0 saturated heterocycles. The molecule has 2 nitrogen and oxygen atoms in total. The summed E-state index contributed by atoms with van der Waals surface area (Å²) in [7, 11) is 3.76. The van der Waals surface area contributed by atoms with Crippen LogP contribution in [0.15, 0.2) is 0 Å². The Morgan fingerprint density at radius 3 is 2.42 bits per heavy atom. The van der Waals surface area contributed by atoms with Gasteiger partial charge in [-0.15, -0.1) is 0 Å². The van der Waals surface area contributed by atoms with E-state index in [1.807, 2.05) is 7.05 Å². The van der Waals surface area contributed by atoms with Crippen molar-refractivity contribution < 1.29 is 4.74 Å². The predicted octanol–water partition coefficient (Wildman–Crippen LogP) is 2.05. The molecule has 12 heavy (non-hydrogen) atoms. The second-order valence-corrected chi connectivity index (χ2v) is 3.51. The van der Waals surface area contributed by atoms with Crippen LogP contribution in [0.25, 0.3) is 0 Å². The fourth-order valence-electron chi connectivity index (χ4n) is 1.21. The van der Waals surface area contributed by atoms with E-state index in [0.29, 0.717) is 6.10 Å². The normalized spacial score (nSPS) is 16.0. The molecule has 0 aromatic heterocycles. The van der Waals surface area contributed by atoms with Gasteiger partial charge in [-0.3, -0.25) is 0 Å². The van der Waals surface area contributed by atoms with Gasteiger partial charge in [0.1, 0.15) is 0 Å². The van der Waals surface area contributed by atoms with Crippen LogP contribution < -0.4 is 5.32 Å². The minimum Gasteiger partial charge on any atom is -0.380 e. The van der Waals surface area contributed by atoms with E-state index in [-0.39, 0.29) is 0 Å². The van der Waals surface area contributed by atoms with Crippen LogP contribution in [0, 0.1) is 5.92 Å². The molecule has 2 heteroatoms. The molecule has 0 saturated carbocycles. The Bertz CT molecular complexity index is 95.8. The maximum Gasteiger partial charge on any atom is 0.0695 e. The van der Waals surface area contributed by atoms with Crippen molar-refractivity contribution in [1.29, 1.82) is 0 Å². The van der Waals surface area contributed by atoms with Crippen molar-refractivity contribution >= 4 is 0 Å². The standard InChI is InChI=1S/C10H23NO/c1-5-9(2)6-7-10(12-4)8-11-3/h9-11H,5-8H2,1-4H3/t9-,10-/m0/s1. The molecule has 0 spiro atoms. The van der Waals surface area contributed by atoms with Crippen LogP contribution in [-0.2, 0) is 4.74 Å². The highest BCUT2D eigenvalue weighted by molar-refractivity contribution is 4.62. The van der Waals surface area contributed by atoms with E-state index in [4.69, 9.17) is 4.74 Å². The molecule has 0 heterocycles. The zero-order valence-corrected chi connectivity index (χ0v) is 8.89. The maximum absolute atomic E-state index is 5.32. The van der Waals surface area contributed by atoms with E-state index in [1.165, 1.54) is 19.3 Å². The average molecular weight is 173 g/mol. The second kappa shape index (κ2) is 7.56. The van der Waals surface area contributed by atoms with Gasteiger partial charge in [0.2, 0.25) is 0 Å². The van der Waals surface area contributed by atoms with Crippen LogP contribution in [0.5, 0.6) is 0 Å². The first-order valence-electron chi connectivity index (χ1n) is 4.91. The summed E-state index contributed by atoms with van der Waals surface area (Å²) in [6.45, 7) is 5.50. The van der Waals surface area contributed by atoms with Gasteiger partial charge < -0.3 is 10.1 Å². The van der Waals surface area contributed by atoms with Gasteiger partial charge in [0, 0.05) is 13.7 Å². The third kappa shape index (κ3) is 5.56. The van der Waals surface area contributed by atoms with Crippen LogP contribution >= 0.6 is 0 Å². The monoisotopic (exact) mass is 173 g/mol. The van der Waals surface area contributed by atoms with Gasteiger partial charge in [0.15, 0.2) is 0 Å². The van der Waals surface area contributed by atoms with Gasteiger partial charge in [-0.2, -0.15) is 0 Å². The number of hydrogen-bond acceptors (Lipinski definition) is 2. The van der Waals surface area contributed by atoms with Crippen LogP contribution in [0.4, 0.5) is 0 Å². The Morgan fingerprint density at radius 1 is 1.33 bits per heavy atom. The SMILES string of the molecule is CC[C@H](C)CC[C@@H](CNC)OC. The highest BCUT2D eigenvalue weighted by Gasteiger charge is 2.07. The van der Waals surface area contributed by atoms with Gasteiger partial charge in [0.05, 0.1) is 6.10 Å². The summed E-state index contributed by atoms with van der Waals surface area (Å²) < 4.78 is 5.32. The molecule has 1 N–H and O–H groups in total. The molecule has 0 aromatic carbocycles. The lowest BCUT2D eigenvalue weighted by atomic mass is 10.0. The molecule has 0 aliphatic heterocycles. The Labute approximate surface area is 76.7 Å². The van der Waals surface area contributed by atoms with Gasteiger partial charge in [-0.25, -0.2) is 0 Å². The van der Waals surface area contributed by atoms with Crippen molar-refractivity contribution in [2.75, 3.05) is 20.7 Å². The zero-order chi connectivity index (χ0) is 9.40. The zero-order valence-electron chi connectivity index (χ0n) is 8.89. The van der Waals surface area contributed by atoms with Crippen molar-refractivity contribution in [2.45, 2.75) is 39.2 Å². The molecule has 0 unspecified atom stereocenters. The summed E-state index contributed by atoms with van der Waals surface area (Å²) in [4.78, 5) is 0. The number of ether oxygens (including phenoxy) is 1.